The quantitative estimate of drug-likeness (QED) is 0.767. The molecule has 0 amide bonds. The van der Waals surface area contributed by atoms with Crippen LogP contribution < -0.4 is 10.6 Å². The zero-order valence-electron chi connectivity index (χ0n) is 11.3. The van der Waals surface area contributed by atoms with Gasteiger partial charge in [-0.1, -0.05) is 36.4 Å². The Morgan fingerprint density at radius 1 is 1.05 bits per heavy atom. The first-order valence-electron chi connectivity index (χ1n) is 6.54. The van der Waals surface area contributed by atoms with E-state index in [2.05, 4.69) is 17.2 Å². The number of nitrogens with one attached hydrogen (secondary N) is 2. The summed E-state index contributed by atoms with van der Waals surface area (Å²) in [5.41, 5.74) is 1.82. The monoisotopic (exact) mass is 324 g/mol. The zero-order valence-corrected chi connectivity index (χ0v) is 12.1. The Labute approximate surface area is 130 Å². The third kappa shape index (κ3) is 2.64. The predicted octanol–water partition coefficient (Wildman–Crippen LogP) is 5.04. The van der Waals surface area contributed by atoms with Crippen LogP contribution in [0.5, 0.6) is 0 Å². The molecule has 2 aromatic rings. The van der Waals surface area contributed by atoms with E-state index >= 15 is 0 Å². The maximum Gasteiger partial charge on any atom is 0.416 e. The van der Waals surface area contributed by atoms with Crippen LogP contribution in [-0.2, 0) is 6.18 Å². The Balaban J connectivity index is 1.97. The van der Waals surface area contributed by atoms with Gasteiger partial charge in [-0.2, -0.15) is 13.2 Å². The molecule has 1 atom stereocenters. The fourth-order valence-electron chi connectivity index (χ4n) is 2.45. The van der Waals surface area contributed by atoms with Gasteiger partial charge in [-0.3, -0.25) is 0 Å². The minimum Gasteiger partial charge on any atom is -0.362 e. The van der Waals surface area contributed by atoms with Crippen molar-refractivity contribution in [3.05, 3.63) is 70.8 Å². The second-order valence-electron chi connectivity index (χ2n) is 4.99. The molecule has 0 saturated carbocycles. The van der Waals surface area contributed by atoms with Gasteiger partial charge in [-0.25, -0.2) is 0 Å². The Hall–Kier alpha value is -2.14. The summed E-state index contributed by atoms with van der Waals surface area (Å²) in [4.78, 5) is 0. The molecule has 3 rings (SSSR count). The zero-order chi connectivity index (χ0) is 15.9. The van der Waals surface area contributed by atoms with Crippen LogP contribution in [0.25, 0.3) is 5.70 Å². The molecule has 22 heavy (non-hydrogen) atoms. The van der Waals surface area contributed by atoms with Crippen molar-refractivity contribution in [1.29, 1.82) is 0 Å². The van der Waals surface area contributed by atoms with Crippen LogP contribution in [0.3, 0.4) is 0 Å². The van der Waals surface area contributed by atoms with Gasteiger partial charge >= 0.3 is 6.18 Å². The van der Waals surface area contributed by atoms with Crippen LogP contribution in [0.2, 0.25) is 5.02 Å². The third-order valence-corrected chi connectivity index (χ3v) is 3.80. The highest BCUT2D eigenvalue weighted by molar-refractivity contribution is 6.33. The van der Waals surface area contributed by atoms with Crippen LogP contribution in [0, 0.1) is 0 Å². The van der Waals surface area contributed by atoms with E-state index in [9.17, 15) is 13.2 Å². The Kier molecular flexibility index (Phi) is 3.53. The fourth-order valence-corrected chi connectivity index (χ4v) is 2.74. The summed E-state index contributed by atoms with van der Waals surface area (Å²) in [7, 11) is 0. The number of rotatable bonds is 1. The van der Waals surface area contributed by atoms with Gasteiger partial charge in [0.25, 0.3) is 0 Å². The van der Waals surface area contributed by atoms with Gasteiger partial charge in [0.15, 0.2) is 0 Å². The van der Waals surface area contributed by atoms with Crippen molar-refractivity contribution in [3.8, 4) is 0 Å². The maximum absolute atomic E-state index is 12.8. The number of anilines is 1. The summed E-state index contributed by atoms with van der Waals surface area (Å²) in [6.45, 7) is 3.91. The van der Waals surface area contributed by atoms with E-state index in [0.29, 0.717) is 16.3 Å². The lowest BCUT2D eigenvalue weighted by Crippen LogP contribution is -2.31. The maximum atomic E-state index is 12.8. The molecule has 1 aliphatic rings. The average Bonchev–Trinajstić information content (AvgIpc) is 2.46. The number of fused-ring (bicyclic) bond motifs is 1. The fraction of sp³-hybridized carbons (Fsp3) is 0.125. The van der Waals surface area contributed by atoms with E-state index in [1.165, 1.54) is 6.07 Å². The third-order valence-electron chi connectivity index (χ3n) is 3.48. The largest absolute Gasteiger partial charge is 0.416 e. The first-order chi connectivity index (χ1) is 10.4. The Morgan fingerprint density at radius 3 is 2.50 bits per heavy atom. The molecular formula is C16H12ClF3N2. The SMILES string of the molecule is C=C1NC(c2cccc(C(F)(F)F)c2)Nc2cccc(Cl)c21. The molecule has 2 N–H and O–H groups in total. The lowest BCUT2D eigenvalue weighted by atomic mass is 10.0. The molecule has 1 heterocycles. The van der Waals surface area contributed by atoms with E-state index in [-0.39, 0.29) is 0 Å². The molecule has 2 nitrogen and oxygen atoms in total. The average molecular weight is 325 g/mol. The smallest absolute Gasteiger partial charge is 0.362 e. The van der Waals surface area contributed by atoms with Crippen molar-refractivity contribution in [2.24, 2.45) is 0 Å². The molecule has 0 bridgehead atoms. The minimum absolute atomic E-state index is 0.474. The van der Waals surface area contributed by atoms with Crippen molar-refractivity contribution in [3.63, 3.8) is 0 Å². The molecule has 6 heteroatoms. The number of alkyl halides is 3. The van der Waals surface area contributed by atoms with E-state index in [1.54, 1.807) is 18.2 Å². The molecule has 0 aromatic heterocycles. The van der Waals surface area contributed by atoms with E-state index < -0.39 is 17.9 Å². The van der Waals surface area contributed by atoms with Gasteiger partial charge in [-0.05, 0) is 29.8 Å². The molecule has 0 radical (unpaired) electrons. The van der Waals surface area contributed by atoms with Gasteiger partial charge in [0.1, 0.15) is 6.17 Å². The summed E-state index contributed by atoms with van der Waals surface area (Å²) in [5, 5.41) is 6.72. The van der Waals surface area contributed by atoms with Crippen LogP contribution in [0.1, 0.15) is 22.9 Å². The summed E-state index contributed by atoms with van der Waals surface area (Å²) in [5.74, 6) is 0. The van der Waals surface area contributed by atoms with Gasteiger partial charge in [0.2, 0.25) is 0 Å². The molecule has 1 aliphatic heterocycles. The Bertz CT molecular complexity index is 740. The summed E-state index contributed by atoms with van der Waals surface area (Å²) < 4.78 is 38.5. The molecule has 114 valence electrons. The summed E-state index contributed by atoms with van der Waals surface area (Å²) in [6.07, 6.45) is -4.87. The molecule has 0 fully saturated rings. The topological polar surface area (TPSA) is 24.1 Å². The second-order valence-corrected chi connectivity index (χ2v) is 5.39. The van der Waals surface area contributed by atoms with Gasteiger partial charge < -0.3 is 10.6 Å². The summed E-state index contributed by atoms with van der Waals surface area (Å²) >= 11 is 6.13. The van der Waals surface area contributed by atoms with Crippen LogP contribution in [-0.4, -0.2) is 0 Å². The van der Waals surface area contributed by atoms with Crippen molar-refractivity contribution in [2.45, 2.75) is 12.3 Å². The van der Waals surface area contributed by atoms with Crippen molar-refractivity contribution in [1.82, 2.24) is 5.32 Å². The highest BCUT2D eigenvalue weighted by Crippen LogP contribution is 2.37. The first kappa shape index (κ1) is 14.8. The summed E-state index contributed by atoms with van der Waals surface area (Å²) in [6, 6.07) is 10.5. The van der Waals surface area contributed by atoms with E-state index in [0.717, 1.165) is 23.4 Å². The van der Waals surface area contributed by atoms with E-state index in [4.69, 9.17) is 11.6 Å². The lowest BCUT2D eigenvalue weighted by Gasteiger charge is -2.31. The Morgan fingerprint density at radius 2 is 1.77 bits per heavy atom. The van der Waals surface area contributed by atoms with Crippen molar-refractivity contribution < 1.29 is 13.2 Å². The standard InChI is InChI=1S/C16H12ClF3N2/c1-9-14-12(17)6-3-7-13(14)22-15(21-9)10-4-2-5-11(8-10)16(18,19)20/h2-8,15,21-22H,1H2. The van der Waals surface area contributed by atoms with Crippen LogP contribution >= 0.6 is 11.6 Å². The normalized spacial score (nSPS) is 17.5. The minimum atomic E-state index is -4.37. The first-order valence-corrected chi connectivity index (χ1v) is 6.92. The van der Waals surface area contributed by atoms with Crippen molar-refractivity contribution >= 4 is 23.0 Å². The van der Waals surface area contributed by atoms with Gasteiger partial charge in [0, 0.05) is 16.9 Å². The number of hydrogen-bond donors (Lipinski definition) is 2. The predicted molar refractivity (Wildman–Crippen MR) is 81.4 cm³/mol. The molecule has 0 spiro atoms. The molecule has 0 saturated heterocycles. The van der Waals surface area contributed by atoms with E-state index in [1.807, 2.05) is 6.07 Å². The number of hydrogen-bond acceptors (Lipinski definition) is 2. The molecule has 1 unspecified atom stereocenters. The number of benzene rings is 2. The highest BCUT2D eigenvalue weighted by Gasteiger charge is 2.31. The second kappa shape index (κ2) is 5.25. The van der Waals surface area contributed by atoms with Crippen molar-refractivity contribution in [2.75, 3.05) is 5.32 Å². The van der Waals surface area contributed by atoms with Gasteiger partial charge in [0.05, 0.1) is 10.6 Å². The molecular weight excluding hydrogens is 313 g/mol. The molecule has 2 aromatic carbocycles. The lowest BCUT2D eigenvalue weighted by molar-refractivity contribution is -0.137. The van der Waals surface area contributed by atoms with Crippen LogP contribution in [0.4, 0.5) is 18.9 Å². The van der Waals surface area contributed by atoms with Crippen LogP contribution in [0.15, 0.2) is 49.0 Å². The van der Waals surface area contributed by atoms with Gasteiger partial charge in [-0.15, -0.1) is 0 Å². The highest BCUT2D eigenvalue weighted by atomic mass is 35.5. The molecule has 0 aliphatic carbocycles. The number of halogens is 4.